The molecule has 0 atom stereocenters. The molecule has 0 radical (unpaired) electrons. The highest BCUT2D eigenvalue weighted by atomic mass is 79.9. The summed E-state index contributed by atoms with van der Waals surface area (Å²) in [5.74, 6) is -0.231. The zero-order chi connectivity index (χ0) is 13.7. The number of hydrogen-bond donors (Lipinski definition) is 1. The molecule has 1 aromatic rings. The largest absolute Gasteiger partial charge is 0.372 e. The number of anilines is 1. The van der Waals surface area contributed by atoms with E-state index in [1.54, 1.807) is 6.07 Å². The lowest BCUT2D eigenvalue weighted by molar-refractivity contribution is 0.401. The third-order valence-corrected chi connectivity index (χ3v) is 3.73. The average molecular weight is 318 g/mol. The Bertz CT molecular complexity index is 396. The molecule has 0 amide bonds. The van der Waals surface area contributed by atoms with Gasteiger partial charge in [-0.05, 0) is 54.6 Å². The van der Waals surface area contributed by atoms with E-state index in [1.165, 1.54) is 0 Å². The molecule has 0 aliphatic carbocycles. The van der Waals surface area contributed by atoms with Crippen LogP contribution in [0, 0.1) is 5.82 Å². The average Bonchev–Trinajstić information content (AvgIpc) is 2.32. The molecule has 0 aliphatic rings. The van der Waals surface area contributed by atoms with Crippen LogP contribution in [0.25, 0.3) is 0 Å². The van der Waals surface area contributed by atoms with E-state index in [2.05, 4.69) is 20.8 Å². The fourth-order valence-corrected chi connectivity index (χ4v) is 2.27. The van der Waals surface area contributed by atoms with Crippen LogP contribution in [0.3, 0.4) is 0 Å². The predicted molar refractivity (Wildman–Crippen MR) is 78.4 cm³/mol. The van der Waals surface area contributed by atoms with Crippen LogP contribution in [0.1, 0.15) is 12.0 Å². The van der Waals surface area contributed by atoms with Crippen LogP contribution in [0.4, 0.5) is 10.1 Å². The molecule has 0 spiro atoms. The van der Waals surface area contributed by atoms with Gasteiger partial charge in [-0.2, -0.15) is 0 Å². The van der Waals surface area contributed by atoms with E-state index < -0.39 is 0 Å². The SMILES string of the molecule is CN(C)CCCN(C)c1ccc(CN)c(Br)c1F. The van der Waals surface area contributed by atoms with Crippen LogP contribution in [0.2, 0.25) is 0 Å². The van der Waals surface area contributed by atoms with E-state index >= 15 is 0 Å². The predicted octanol–water partition coefficient (Wildman–Crippen LogP) is 2.43. The van der Waals surface area contributed by atoms with E-state index in [0.717, 1.165) is 25.1 Å². The van der Waals surface area contributed by atoms with E-state index in [1.807, 2.05) is 32.1 Å². The summed E-state index contributed by atoms with van der Waals surface area (Å²) in [6.45, 7) is 2.15. The fourth-order valence-electron chi connectivity index (χ4n) is 1.78. The molecule has 5 heteroatoms. The van der Waals surface area contributed by atoms with Gasteiger partial charge in [-0.25, -0.2) is 4.39 Å². The highest BCUT2D eigenvalue weighted by Gasteiger charge is 2.13. The Kier molecular flexibility index (Phi) is 6.05. The summed E-state index contributed by atoms with van der Waals surface area (Å²) in [4.78, 5) is 4.06. The van der Waals surface area contributed by atoms with Crippen molar-refractivity contribution >= 4 is 21.6 Å². The van der Waals surface area contributed by atoms with Gasteiger partial charge < -0.3 is 15.5 Å². The summed E-state index contributed by atoms with van der Waals surface area (Å²) < 4.78 is 14.6. The first-order valence-corrected chi connectivity index (χ1v) is 6.79. The third-order valence-electron chi connectivity index (χ3n) is 2.87. The number of nitrogens with zero attached hydrogens (tertiary/aromatic N) is 2. The number of nitrogens with two attached hydrogens (primary N) is 1. The van der Waals surface area contributed by atoms with Crippen LogP contribution >= 0.6 is 15.9 Å². The van der Waals surface area contributed by atoms with E-state index in [4.69, 9.17) is 5.73 Å². The summed E-state index contributed by atoms with van der Waals surface area (Å²) in [6, 6.07) is 3.66. The normalized spacial score (nSPS) is 11.1. The van der Waals surface area contributed by atoms with Gasteiger partial charge in [0.25, 0.3) is 0 Å². The molecule has 18 heavy (non-hydrogen) atoms. The van der Waals surface area contributed by atoms with Crippen LogP contribution in [0.5, 0.6) is 0 Å². The molecule has 0 saturated carbocycles. The number of hydrogen-bond acceptors (Lipinski definition) is 3. The Morgan fingerprint density at radius 3 is 2.44 bits per heavy atom. The highest BCUT2D eigenvalue weighted by Crippen LogP contribution is 2.28. The summed E-state index contributed by atoms with van der Waals surface area (Å²) in [7, 11) is 5.98. The van der Waals surface area contributed by atoms with Crippen LogP contribution < -0.4 is 10.6 Å². The zero-order valence-electron chi connectivity index (χ0n) is 11.2. The van der Waals surface area contributed by atoms with Gasteiger partial charge in [0.1, 0.15) is 0 Å². The minimum Gasteiger partial charge on any atom is -0.372 e. The van der Waals surface area contributed by atoms with Crippen LogP contribution in [-0.4, -0.2) is 39.1 Å². The van der Waals surface area contributed by atoms with E-state index in [-0.39, 0.29) is 5.82 Å². The van der Waals surface area contributed by atoms with Crippen molar-refractivity contribution in [1.82, 2.24) is 4.90 Å². The summed E-state index contributed by atoms with van der Waals surface area (Å²) in [5.41, 5.74) is 6.94. The van der Waals surface area contributed by atoms with Gasteiger partial charge in [-0.15, -0.1) is 0 Å². The van der Waals surface area contributed by atoms with Crippen molar-refractivity contribution in [3.8, 4) is 0 Å². The Morgan fingerprint density at radius 1 is 1.22 bits per heavy atom. The van der Waals surface area contributed by atoms with Crippen molar-refractivity contribution in [3.05, 3.63) is 28.0 Å². The second-order valence-electron chi connectivity index (χ2n) is 4.65. The molecule has 0 saturated heterocycles. The summed E-state index contributed by atoms with van der Waals surface area (Å²) >= 11 is 3.26. The molecule has 1 rings (SSSR count). The molecular weight excluding hydrogens is 297 g/mol. The fraction of sp³-hybridized carbons (Fsp3) is 0.538. The first-order valence-electron chi connectivity index (χ1n) is 6.00. The lowest BCUT2D eigenvalue weighted by Gasteiger charge is -2.22. The van der Waals surface area contributed by atoms with Gasteiger partial charge in [0.15, 0.2) is 5.82 Å². The second-order valence-corrected chi connectivity index (χ2v) is 5.45. The van der Waals surface area contributed by atoms with Gasteiger partial charge in [-0.1, -0.05) is 6.07 Å². The van der Waals surface area contributed by atoms with E-state index in [9.17, 15) is 4.39 Å². The minimum absolute atomic E-state index is 0.231. The first kappa shape index (κ1) is 15.4. The summed E-state index contributed by atoms with van der Waals surface area (Å²) in [5, 5.41) is 0. The van der Waals surface area contributed by atoms with Gasteiger partial charge in [0.2, 0.25) is 0 Å². The monoisotopic (exact) mass is 317 g/mol. The lowest BCUT2D eigenvalue weighted by Crippen LogP contribution is -2.24. The minimum atomic E-state index is -0.231. The van der Waals surface area contributed by atoms with Crippen molar-refractivity contribution in [3.63, 3.8) is 0 Å². The quantitative estimate of drug-likeness (QED) is 0.874. The smallest absolute Gasteiger partial charge is 0.160 e. The van der Waals surface area contributed by atoms with Gasteiger partial charge in [-0.3, -0.25) is 0 Å². The van der Waals surface area contributed by atoms with Crippen molar-refractivity contribution in [2.24, 2.45) is 5.73 Å². The Hall–Kier alpha value is -0.650. The zero-order valence-corrected chi connectivity index (χ0v) is 12.8. The molecule has 0 unspecified atom stereocenters. The molecule has 3 nitrogen and oxygen atoms in total. The third kappa shape index (κ3) is 3.93. The van der Waals surface area contributed by atoms with Gasteiger partial charge >= 0.3 is 0 Å². The summed E-state index contributed by atoms with van der Waals surface area (Å²) in [6.07, 6.45) is 0.999. The van der Waals surface area contributed by atoms with Crippen molar-refractivity contribution in [2.75, 3.05) is 39.1 Å². The maximum Gasteiger partial charge on any atom is 0.160 e. The number of rotatable bonds is 6. The molecule has 0 fully saturated rings. The molecule has 0 heterocycles. The maximum atomic E-state index is 14.1. The molecule has 1 aromatic carbocycles. The Labute approximate surface area is 117 Å². The van der Waals surface area contributed by atoms with Gasteiger partial charge in [0, 0.05) is 20.1 Å². The Balaban J connectivity index is 2.74. The van der Waals surface area contributed by atoms with Crippen molar-refractivity contribution in [1.29, 1.82) is 0 Å². The lowest BCUT2D eigenvalue weighted by atomic mass is 10.2. The van der Waals surface area contributed by atoms with Crippen molar-refractivity contribution < 1.29 is 4.39 Å². The molecule has 0 aromatic heterocycles. The van der Waals surface area contributed by atoms with Gasteiger partial charge in [0.05, 0.1) is 10.2 Å². The standard InChI is InChI=1S/C13H21BrFN3/c1-17(2)7-4-8-18(3)11-6-5-10(9-16)12(14)13(11)15/h5-6H,4,7-9,16H2,1-3H3. The number of benzene rings is 1. The molecule has 0 bridgehead atoms. The van der Waals surface area contributed by atoms with E-state index in [0.29, 0.717) is 16.7 Å². The topological polar surface area (TPSA) is 32.5 Å². The Morgan fingerprint density at radius 2 is 1.89 bits per heavy atom. The molecular formula is C13H21BrFN3. The second kappa shape index (κ2) is 7.07. The highest BCUT2D eigenvalue weighted by molar-refractivity contribution is 9.10. The molecule has 102 valence electrons. The van der Waals surface area contributed by atoms with Crippen molar-refractivity contribution in [2.45, 2.75) is 13.0 Å². The maximum absolute atomic E-state index is 14.1. The molecule has 0 aliphatic heterocycles. The number of halogens is 2. The first-order chi connectivity index (χ1) is 8.47. The molecule has 2 N–H and O–H groups in total. The van der Waals surface area contributed by atoms with Crippen LogP contribution in [-0.2, 0) is 6.54 Å². The van der Waals surface area contributed by atoms with Crippen LogP contribution in [0.15, 0.2) is 16.6 Å².